The number of esters is 1. The summed E-state index contributed by atoms with van der Waals surface area (Å²) < 4.78 is 22.6. The lowest BCUT2D eigenvalue weighted by atomic mass is 9.99. The maximum Gasteiger partial charge on any atom is 0.331 e. The van der Waals surface area contributed by atoms with Crippen LogP contribution in [0, 0.1) is 0 Å². The summed E-state index contributed by atoms with van der Waals surface area (Å²) in [7, 11) is 0. The first-order chi connectivity index (χ1) is 20.0. The zero-order chi connectivity index (χ0) is 30.1. The minimum absolute atomic E-state index is 0.0468. The van der Waals surface area contributed by atoms with Crippen LogP contribution >= 0.6 is 0 Å². The van der Waals surface area contributed by atoms with Gasteiger partial charge >= 0.3 is 5.97 Å². The molecule has 0 aliphatic carbocycles. The minimum atomic E-state index is -1.79. The molecule has 1 aromatic heterocycles. The van der Waals surface area contributed by atoms with Crippen LogP contribution in [0.2, 0.25) is 0 Å². The van der Waals surface area contributed by atoms with Crippen LogP contribution < -0.4 is 10.2 Å². The molecule has 218 valence electrons. The summed E-state index contributed by atoms with van der Waals surface area (Å²) in [4.78, 5) is 26.1. The van der Waals surface area contributed by atoms with Gasteiger partial charge in [-0.2, -0.15) is 0 Å². The molecule has 12 heteroatoms. The van der Waals surface area contributed by atoms with Crippen LogP contribution in [0.25, 0.3) is 28.4 Å². The van der Waals surface area contributed by atoms with Crippen molar-refractivity contribution in [3.63, 3.8) is 0 Å². The summed E-state index contributed by atoms with van der Waals surface area (Å²) in [5, 5.41) is 60.8. The van der Waals surface area contributed by atoms with Crippen molar-refractivity contribution < 1.29 is 54.1 Å². The van der Waals surface area contributed by atoms with E-state index in [9.17, 15) is 40.2 Å². The van der Waals surface area contributed by atoms with Gasteiger partial charge in [0.1, 0.15) is 40.1 Å². The molecule has 1 aliphatic rings. The number of ether oxygens (including phenoxy) is 3. The molecule has 0 radical (unpaired) electrons. The highest BCUT2D eigenvalue weighted by Crippen LogP contribution is 2.37. The Kier molecular flexibility index (Phi) is 7.77. The summed E-state index contributed by atoms with van der Waals surface area (Å²) in [5.74, 6) is -2.58. The standard InChI is InChI=1S/C30H26O12/c1-14-24(36)28(41-22(35)11-4-15-2-7-17(31)8-3-15)26(38)30(39-14)42-29-25(37)23-20(34)12-19(33)13-21(23)40-27(29)16-5-9-18(32)10-6-16/h2-14,24,26,28,30-34,36,38H,1H3/t14-,24-,26+,28+,30-/m0/s1. The number of aliphatic hydroxyl groups is 2. The summed E-state index contributed by atoms with van der Waals surface area (Å²) in [5.41, 5.74) is -0.218. The first-order valence-corrected chi connectivity index (χ1v) is 12.7. The van der Waals surface area contributed by atoms with Crippen LogP contribution in [0.5, 0.6) is 28.7 Å². The molecule has 0 saturated carbocycles. The Morgan fingerprint density at radius 3 is 2.19 bits per heavy atom. The smallest absolute Gasteiger partial charge is 0.331 e. The Bertz CT molecular complexity index is 1690. The number of fused-ring (bicyclic) bond motifs is 1. The number of phenolic OH excluding ortho intramolecular Hbond substituents is 4. The number of hydrogen-bond acceptors (Lipinski definition) is 12. The summed E-state index contributed by atoms with van der Waals surface area (Å²) in [6.07, 6.45) is -5.01. The van der Waals surface area contributed by atoms with E-state index in [1.54, 1.807) is 12.1 Å². The predicted molar refractivity (Wildman–Crippen MR) is 147 cm³/mol. The third-order valence-electron chi connectivity index (χ3n) is 6.62. The van der Waals surface area contributed by atoms with Gasteiger partial charge in [-0.15, -0.1) is 0 Å². The van der Waals surface area contributed by atoms with Crippen molar-refractivity contribution in [3.8, 4) is 40.1 Å². The van der Waals surface area contributed by atoms with Gasteiger partial charge in [-0.1, -0.05) is 12.1 Å². The molecule has 5 rings (SSSR count). The Labute approximate surface area is 237 Å². The van der Waals surface area contributed by atoms with E-state index < -0.39 is 53.6 Å². The van der Waals surface area contributed by atoms with E-state index in [0.29, 0.717) is 5.56 Å². The maximum atomic E-state index is 13.6. The fourth-order valence-electron chi connectivity index (χ4n) is 4.45. The molecule has 6 N–H and O–H groups in total. The molecule has 1 fully saturated rings. The van der Waals surface area contributed by atoms with E-state index in [0.717, 1.165) is 18.2 Å². The number of aromatic hydroxyl groups is 4. The Hall–Kier alpha value is -5.04. The van der Waals surface area contributed by atoms with Crippen molar-refractivity contribution in [2.45, 2.75) is 37.6 Å². The Balaban J connectivity index is 1.48. The lowest BCUT2D eigenvalue weighted by Crippen LogP contribution is -2.59. The average molecular weight is 579 g/mol. The second-order valence-corrected chi connectivity index (χ2v) is 9.61. The molecule has 1 saturated heterocycles. The number of rotatable bonds is 6. The van der Waals surface area contributed by atoms with Gasteiger partial charge in [0.25, 0.3) is 0 Å². The van der Waals surface area contributed by atoms with Gasteiger partial charge in [-0.25, -0.2) is 4.79 Å². The van der Waals surface area contributed by atoms with Crippen molar-refractivity contribution in [1.29, 1.82) is 0 Å². The number of phenols is 4. The highest BCUT2D eigenvalue weighted by Gasteiger charge is 2.47. The van der Waals surface area contributed by atoms with Crippen molar-refractivity contribution in [2.24, 2.45) is 0 Å². The monoisotopic (exact) mass is 578 g/mol. The molecule has 1 aliphatic heterocycles. The first kappa shape index (κ1) is 28.5. The van der Waals surface area contributed by atoms with Crippen LogP contribution in [-0.4, -0.2) is 67.3 Å². The normalized spacial score (nSPS) is 22.3. The maximum absolute atomic E-state index is 13.6. The van der Waals surface area contributed by atoms with E-state index >= 15 is 0 Å². The second kappa shape index (κ2) is 11.4. The summed E-state index contributed by atoms with van der Waals surface area (Å²) >= 11 is 0. The van der Waals surface area contributed by atoms with Crippen LogP contribution in [0.4, 0.5) is 0 Å². The molecule has 0 bridgehead atoms. The van der Waals surface area contributed by atoms with Crippen LogP contribution in [-0.2, 0) is 14.3 Å². The van der Waals surface area contributed by atoms with Crippen LogP contribution in [0.3, 0.4) is 0 Å². The van der Waals surface area contributed by atoms with Gasteiger partial charge in [0, 0.05) is 23.8 Å². The van der Waals surface area contributed by atoms with E-state index in [-0.39, 0.29) is 39.5 Å². The lowest BCUT2D eigenvalue weighted by molar-refractivity contribution is -0.271. The largest absolute Gasteiger partial charge is 0.508 e. The zero-order valence-electron chi connectivity index (χ0n) is 21.9. The van der Waals surface area contributed by atoms with Gasteiger partial charge in [0.2, 0.25) is 17.5 Å². The molecule has 4 aromatic rings. The third kappa shape index (κ3) is 5.72. The zero-order valence-corrected chi connectivity index (χ0v) is 21.9. The van der Waals surface area contributed by atoms with Gasteiger partial charge in [0.15, 0.2) is 18.0 Å². The van der Waals surface area contributed by atoms with E-state index in [4.69, 9.17) is 18.6 Å². The topological polar surface area (TPSA) is 196 Å². The van der Waals surface area contributed by atoms with Gasteiger partial charge in [-0.3, -0.25) is 4.79 Å². The lowest BCUT2D eigenvalue weighted by Gasteiger charge is -2.40. The highest BCUT2D eigenvalue weighted by molar-refractivity contribution is 5.88. The van der Waals surface area contributed by atoms with Crippen molar-refractivity contribution >= 4 is 23.0 Å². The number of carbonyl (C=O) groups excluding carboxylic acids is 1. The first-order valence-electron chi connectivity index (χ1n) is 12.7. The second-order valence-electron chi connectivity index (χ2n) is 9.61. The quantitative estimate of drug-likeness (QED) is 0.145. The predicted octanol–water partition coefficient (Wildman–Crippen LogP) is 2.75. The van der Waals surface area contributed by atoms with E-state index in [1.165, 1.54) is 49.4 Å². The van der Waals surface area contributed by atoms with Crippen LogP contribution in [0.1, 0.15) is 12.5 Å². The van der Waals surface area contributed by atoms with Crippen molar-refractivity contribution in [1.82, 2.24) is 0 Å². The summed E-state index contributed by atoms with van der Waals surface area (Å²) in [6, 6.07) is 13.5. The average Bonchev–Trinajstić information content (AvgIpc) is 2.95. The number of carbonyl (C=O) groups is 1. The molecular formula is C30H26O12. The minimum Gasteiger partial charge on any atom is -0.508 e. The molecule has 42 heavy (non-hydrogen) atoms. The Morgan fingerprint density at radius 2 is 1.52 bits per heavy atom. The number of benzene rings is 3. The van der Waals surface area contributed by atoms with Gasteiger partial charge in [-0.05, 0) is 55.0 Å². The molecule has 3 aromatic carbocycles. The molecule has 0 amide bonds. The molecule has 5 atom stereocenters. The third-order valence-corrected chi connectivity index (χ3v) is 6.62. The number of aliphatic hydroxyl groups excluding tert-OH is 2. The SMILES string of the molecule is C[C@@H]1O[C@@H](Oc2c(-c3ccc(O)cc3)oc3cc(O)cc(O)c3c2=O)[C@H](O)[C@H](OC(=O)C=Cc2ccc(O)cc2)[C@H]1O. The van der Waals surface area contributed by atoms with Gasteiger partial charge in [0.05, 0.1) is 6.10 Å². The molecule has 2 heterocycles. The van der Waals surface area contributed by atoms with E-state index in [2.05, 4.69) is 0 Å². The number of hydrogen-bond donors (Lipinski definition) is 6. The summed E-state index contributed by atoms with van der Waals surface area (Å²) in [6.45, 7) is 1.44. The highest BCUT2D eigenvalue weighted by atomic mass is 16.7. The van der Waals surface area contributed by atoms with Crippen LogP contribution in [0.15, 0.2) is 76.0 Å². The molecule has 0 unspecified atom stereocenters. The molecular weight excluding hydrogens is 552 g/mol. The fourth-order valence-corrected chi connectivity index (χ4v) is 4.45. The molecule has 0 spiro atoms. The fraction of sp³-hybridized carbons (Fsp3) is 0.200. The van der Waals surface area contributed by atoms with Crippen molar-refractivity contribution in [3.05, 3.63) is 82.5 Å². The van der Waals surface area contributed by atoms with E-state index in [1.807, 2.05) is 0 Å². The Morgan fingerprint density at radius 1 is 0.881 bits per heavy atom. The molecule has 12 nitrogen and oxygen atoms in total. The van der Waals surface area contributed by atoms with Gasteiger partial charge < -0.3 is 49.3 Å². The van der Waals surface area contributed by atoms with Crippen molar-refractivity contribution in [2.75, 3.05) is 0 Å².